The highest BCUT2D eigenvalue weighted by Gasteiger charge is 2.21. The quantitative estimate of drug-likeness (QED) is 0.759. The number of ether oxygens (including phenoxy) is 2. The molecular weight excluding hydrogens is 182 g/mol. The number of anilines is 1. The van der Waals surface area contributed by atoms with Crippen molar-refractivity contribution in [1.29, 1.82) is 0 Å². The molecule has 0 spiro atoms. The summed E-state index contributed by atoms with van der Waals surface area (Å²) in [6.07, 6.45) is 1.98. The zero-order valence-electron chi connectivity index (χ0n) is 8.06. The predicted octanol–water partition coefficient (Wildman–Crippen LogP) is 0.919. The first-order valence-corrected chi connectivity index (χ1v) is 4.59. The van der Waals surface area contributed by atoms with Crippen LogP contribution in [-0.4, -0.2) is 23.7 Å². The highest BCUT2D eigenvalue weighted by atomic mass is 16.5. The molecule has 5 nitrogen and oxygen atoms in total. The molecule has 1 aromatic heterocycles. The lowest BCUT2D eigenvalue weighted by molar-refractivity contribution is 0.104. The van der Waals surface area contributed by atoms with E-state index in [1.165, 1.54) is 0 Å². The van der Waals surface area contributed by atoms with Crippen molar-refractivity contribution in [2.24, 2.45) is 0 Å². The van der Waals surface area contributed by atoms with Crippen molar-refractivity contribution >= 4 is 5.82 Å². The lowest BCUT2D eigenvalue weighted by atomic mass is 10.2. The topological polar surface area (TPSA) is 70.3 Å². The molecular formula is C9H13N3O2. The summed E-state index contributed by atoms with van der Waals surface area (Å²) in [4.78, 5) is 8.32. The fourth-order valence-corrected chi connectivity index (χ4v) is 1.49. The number of aromatic nitrogens is 2. The number of nitrogens with zero attached hydrogens (tertiary/aromatic N) is 2. The minimum Gasteiger partial charge on any atom is -0.481 e. The van der Waals surface area contributed by atoms with Gasteiger partial charge in [-0.1, -0.05) is 0 Å². The summed E-state index contributed by atoms with van der Waals surface area (Å²) in [6.45, 7) is 0.769. The van der Waals surface area contributed by atoms with Crippen LogP contribution >= 0.6 is 0 Å². The van der Waals surface area contributed by atoms with Crippen LogP contribution in [0.2, 0.25) is 0 Å². The van der Waals surface area contributed by atoms with Crippen LogP contribution in [0.4, 0.5) is 5.82 Å². The van der Waals surface area contributed by atoms with E-state index in [0.29, 0.717) is 17.5 Å². The SMILES string of the molecule is COc1cc(N)nc(C2CCCO2)n1. The molecule has 2 heterocycles. The van der Waals surface area contributed by atoms with Gasteiger partial charge in [-0.25, -0.2) is 4.98 Å². The molecule has 1 atom stereocenters. The normalized spacial score (nSPS) is 21.1. The number of nitrogen functional groups attached to an aromatic ring is 1. The molecule has 2 N–H and O–H groups in total. The van der Waals surface area contributed by atoms with Gasteiger partial charge in [0, 0.05) is 12.7 Å². The molecule has 1 unspecified atom stereocenters. The lowest BCUT2D eigenvalue weighted by Gasteiger charge is -2.09. The monoisotopic (exact) mass is 195 g/mol. The van der Waals surface area contributed by atoms with Gasteiger partial charge in [-0.05, 0) is 12.8 Å². The predicted molar refractivity (Wildman–Crippen MR) is 50.9 cm³/mol. The molecule has 0 bridgehead atoms. The van der Waals surface area contributed by atoms with E-state index in [2.05, 4.69) is 9.97 Å². The number of rotatable bonds is 2. The van der Waals surface area contributed by atoms with Crippen molar-refractivity contribution in [1.82, 2.24) is 9.97 Å². The van der Waals surface area contributed by atoms with Crippen LogP contribution in [0, 0.1) is 0 Å². The Morgan fingerprint density at radius 2 is 2.43 bits per heavy atom. The molecule has 0 aromatic carbocycles. The second kappa shape index (κ2) is 3.79. The van der Waals surface area contributed by atoms with Gasteiger partial charge in [0.1, 0.15) is 11.9 Å². The molecule has 1 fully saturated rings. The standard InChI is InChI=1S/C9H13N3O2/c1-13-8-5-7(10)11-9(12-8)6-3-2-4-14-6/h5-6H,2-4H2,1H3,(H2,10,11,12). The highest BCUT2D eigenvalue weighted by Crippen LogP contribution is 2.27. The average molecular weight is 195 g/mol. The van der Waals surface area contributed by atoms with Crippen molar-refractivity contribution in [3.05, 3.63) is 11.9 Å². The maximum Gasteiger partial charge on any atom is 0.218 e. The first kappa shape index (κ1) is 9.21. The summed E-state index contributed by atoms with van der Waals surface area (Å²) in [7, 11) is 1.56. The van der Waals surface area contributed by atoms with Gasteiger partial charge in [-0.15, -0.1) is 0 Å². The molecule has 5 heteroatoms. The Morgan fingerprint density at radius 1 is 1.57 bits per heavy atom. The van der Waals surface area contributed by atoms with Gasteiger partial charge in [0.25, 0.3) is 0 Å². The van der Waals surface area contributed by atoms with Crippen LogP contribution in [0.3, 0.4) is 0 Å². The van der Waals surface area contributed by atoms with Crippen molar-refractivity contribution in [2.75, 3.05) is 19.5 Å². The van der Waals surface area contributed by atoms with Crippen molar-refractivity contribution in [3.63, 3.8) is 0 Å². The maximum atomic E-state index is 5.62. The summed E-state index contributed by atoms with van der Waals surface area (Å²) in [6, 6.07) is 1.60. The first-order valence-electron chi connectivity index (χ1n) is 4.59. The molecule has 1 aliphatic rings. The van der Waals surface area contributed by atoms with Gasteiger partial charge >= 0.3 is 0 Å². The molecule has 0 saturated carbocycles. The molecule has 0 aliphatic carbocycles. The zero-order valence-corrected chi connectivity index (χ0v) is 8.06. The molecule has 0 radical (unpaired) electrons. The third-order valence-electron chi connectivity index (χ3n) is 2.17. The Kier molecular flexibility index (Phi) is 2.49. The van der Waals surface area contributed by atoms with E-state index in [1.54, 1.807) is 13.2 Å². The highest BCUT2D eigenvalue weighted by molar-refractivity contribution is 5.33. The van der Waals surface area contributed by atoms with Gasteiger partial charge < -0.3 is 15.2 Å². The Labute approximate surface area is 82.3 Å². The van der Waals surface area contributed by atoms with E-state index >= 15 is 0 Å². The molecule has 1 saturated heterocycles. The van der Waals surface area contributed by atoms with Crippen LogP contribution in [0.15, 0.2) is 6.07 Å². The van der Waals surface area contributed by atoms with Crippen LogP contribution in [0.5, 0.6) is 5.88 Å². The number of hydrogen-bond acceptors (Lipinski definition) is 5. The summed E-state index contributed by atoms with van der Waals surface area (Å²) in [5.74, 6) is 1.53. The smallest absolute Gasteiger partial charge is 0.218 e. The fraction of sp³-hybridized carbons (Fsp3) is 0.556. The van der Waals surface area contributed by atoms with Crippen LogP contribution in [0.25, 0.3) is 0 Å². The van der Waals surface area contributed by atoms with Crippen LogP contribution in [0.1, 0.15) is 24.8 Å². The molecule has 1 aromatic rings. The van der Waals surface area contributed by atoms with Crippen molar-refractivity contribution in [2.45, 2.75) is 18.9 Å². The second-order valence-corrected chi connectivity index (χ2v) is 3.20. The Hall–Kier alpha value is -1.36. The molecule has 14 heavy (non-hydrogen) atoms. The van der Waals surface area contributed by atoms with Gasteiger partial charge in [0.05, 0.1) is 7.11 Å². The first-order chi connectivity index (χ1) is 6.79. The summed E-state index contributed by atoms with van der Waals surface area (Å²) in [5.41, 5.74) is 5.62. The van der Waals surface area contributed by atoms with E-state index < -0.39 is 0 Å². The van der Waals surface area contributed by atoms with Gasteiger partial charge in [-0.3, -0.25) is 0 Å². The Bertz CT molecular complexity index is 324. The average Bonchev–Trinajstić information content (AvgIpc) is 2.69. The zero-order chi connectivity index (χ0) is 9.97. The van der Waals surface area contributed by atoms with Gasteiger partial charge in [0.2, 0.25) is 5.88 Å². The lowest BCUT2D eigenvalue weighted by Crippen LogP contribution is -2.06. The number of hydrogen-bond donors (Lipinski definition) is 1. The van der Waals surface area contributed by atoms with E-state index in [9.17, 15) is 0 Å². The summed E-state index contributed by atoms with van der Waals surface area (Å²) >= 11 is 0. The van der Waals surface area contributed by atoms with E-state index in [-0.39, 0.29) is 6.10 Å². The van der Waals surface area contributed by atoms with Crippen molar-refractivity contribution in [3.8, 4) is 5.88 Å². The van der Waals surface area contributed by atoms with Crippen LogP contribution in [-0.2, 0) is 4.74 Å². The minimum atomic E-state index is -0.0209. The largest absolute Gasteiger partial charge is 0.481 e. The van der Waals surface area contributed by atoms with E-state index in [4.69, 9.17) is 15.2 Å². The van der Waals surface area contributed by atoms with Gasteiger partial charge in [-0.2, -0.15) is 4.98 Å². The minimum absolute atomic E-state index is 0.0209. The second-order valence-electron chi connectivity index (χ2n) is 3.20. The molecule has 0 amide bonds. The Morgan fingerprint density at radius 3 is 3.07 bits per heavy atom. The van der Waals surface area contributed by atoms with Gasteiger partial charge in [0.15, 0.2) is 5.82 Å². The van der Waals surface area contributed by atoms with Crippen molar-refractivity contribution < 1.29 is 9.47 Å². The van der Waals surface area contributed by atoms with E-state index in [1.807, 2.05) is 0 Å². The third-order valence-corrected chi connectivity index (χ3v) is 2.17. The Balaban J connectivity index is 2.27. The third kappa shape index (κ3) is 1.77. The molecule has 1 aliphatic heterocycles. The maximum absolute atomic E-state index is 5.62. The summed E-state index contributed by atoms with van der Waals surface area (Å²) in [5, 5.41) is 0. The fourth-order valence-electron chi connectivity index (χ4n) is 1.49. The summed E-state index contributed by atoms with van der Waals surface area (Å²) < 4.78 is 10.5. The molecule has 2 rings (SSSR count). The number of nitrogens with two attached hydrogens (primary N) is 1. The van der Waals surface area contributed by atoms with E-state index in [0.717, 1.165) is 19.4 Å². The van der Waals surface area contributed by atoms with Crippen LogP contribution < -0.4 is 10.5 Å². The molecule has 76 valence electrons. The number of methoxy groups -OCH3 is 1.